The topological polar surface area (TPSA) is 47.6 Å². The van der Waals surface area contributed by atoms with Crippen molar-refractivity contribution >= 4 is 17.5 Å². The van der Waals surface area contributed by atoms with E-state index in [4.69, 9.17) is 21.1 Å². The van der Waals surface area contributed by atoms with Crippen molar-refractivity contribution in [2.75, 3.05) is 14.2 Å². The van der Waals surface area contributed by atoms with Crippen LogP contribution in [0.25, 0.3) is 0 Å². The van der Waals surface area contributed by atoms with Gasteiger partial charge < -0.3 is 14.8 Å². The summed E-state index contributed by atoms with van der Waals surface area (Å²) in [5.41, 5.74) is 1.48. The number of methoxy groups -OCH3 is 2. The lowest BCUT2D eigenvalue weighted by Gasteiger charge is -2.17. The van der Waals surface area contributed by atoms with Crippen molar-refractivity contribution in [1.29, 1.82) is 0 Å². The van der Waals surface area contributed by atoms with Crippen molar-refractivity contribution in [1.82, 2.24) is 5.32 Å². The van der Waals surface area contributed by atoms with Crippen LogP contribution in [0.3, 0.4) is 0 Å². The van der Waals surface area contributed by atoms with Crippen LogP contribution in [0.15, 0.2) is 42.5 Å². The Morgan fingerprint density at radius 2 is 1.83 bits per heavy atom. The Morgan fingerprint density at radius 3 is 2.42 bits per heavy atom. The van der Waals surface area contributed by atoms with Crippen molar-refractivity contribution in [2.45, 2.75) is 24.8 Å². The first kappa shape index (κ1) is 16.7. The molecule has 0 aromatic heterocycles. The maximum Gasteiger partial charge on any atom is 0.230 e. The van der Waals surface area contributed by atoms with Gasteiger partial charge in [-0.2, -0.15) is 0 Å². The second-order valence-corrected chi connectivity index (χ2v) is 6.36. The van der Waals surface area contributed by atoms with E-state index in [0.29, 0.717) is 23.1 Å². The third kappa shape index (κ3) is 3.06. The monoisotopic (exact) mass is 345 g/mol. The highest BCUT2D eigenvalue weighted by atomic mass is 35.5. The number of benzene rings is 2. The molecule has 1 aliphatic carbocycles. The molecule has 0 heterocycles. The Balaban J connectivity index is 1.73. The molecule has 3 rings (SSSR count). The fourth-order valence-corrected chi connectivity index (χ4v) is 3.10. The minimum absolute atomic E-state index is 0.0368. The normalized spacial score (nSPS) is 14.8. The number of carbonyl (C=O) groups excluding carboxylic acids is 1. The van der Waals surface area contributed by atoms with E-state index in [1.807, 2.05) is 42.5 Å². The van der Waals surface area contributed by atoms with E-state index in [2.05, 4.69) is 5.32 Å². The predicted molar refractivity (Wildman–Crippen MR) is 93.8 cm³/mol. The maximum absolute atomic E-state index is 12.7. The lowest BCUT2D eigenvalue weighted by Crippen LogP contribution is -2.34. The van der Waals surface area contributed by atoms with Crippen LogP contribution < -0.4 is 14.8 Å². The van der Waals surface area contributed by atoms with Gasteiger partial charge in [0.15, 0.2) is 11.5 Å². The lowest BCUT2D eigenvalue weighted by molar-refractivity contribution is -0.123. The van der Waals surface area contributed by atoms with Crippen molar-refractivity contribution in [3.63, 3.8) is 0 Å². The number of para-hydroxylation sites is 1. The first-order chi connectivity index (χ1) is 11.6. The fourth-order valence-electron chi connectivity index (χ4n) is 2.98. The summed E-state index contributed by atoms with van der Waals surface area (Å²) in [5, 5.41) is 3.71. The zero-order chi connectivity index (χ0) is 17.2. The SMILES string of the molecule is COc1cccc(CNC(=O)C2(c3ccc(Cl)cc3)CC2)c1OC. The van der Waals surface area contributed by atoms with Crippen LogP contribution in [0.1, 0.15) is 24.0 Å². The Hall–Kier alpha value is -2.20. The number of hydrogen-bond acceptors (Lipinski definition) is 3. The summed E-state index contributed by atoms with van der Waals surface area (Å²) in [7, 11) is 3.19. The predicted octanol–water partition coefficient (Wildman–Crippen LogP) is 3.71. The van der Waals surface area contributed by atoms with Gasteiger partial charge >= 0.3 is 0 Å². The number of halogens is 1. The number of hydrogen-bond donors (Lipinski definition) is 1. The minimum atomic E-state index is -0.420. The summed E-state index contributed by atoms with van der Waals surface area (Å²) in [5.74, 6) is 1.34. The molecular formula is C19H20ClNO3. The summed E-state index contributed by atoms with van der Waals surface area (Å²) in [4.78, 5) is 12.7. The van der Waals surface area contributed by atoms with Crippen LogP contribution in [0.4, 0.5) is 0 Å². The summed E-state index contributed by atoms with van der Waals surface area (Å²) in [6.07, 6.45) is 1.71. The van der Waals surface area contributed by atoms with Gasteiger partial charge in [0.25, 0.3) is 0 Å². The minimum Gasteiger partial charge on any atom is -0.493 e. The first-order valence-electron chi connectivity index (χ1n) is 7.85. The maximum atomic E-state index is 12.7. The molecule has 0 radical (unpaired) electrons. The van der Waals surface area contributed by atoms with Gasteiger partial charge in [0.05, 0.1) is 19.6 Å². The Morgan fingerprint density at radius 1 is 1.12 bits per heavy atom. The summed E-state index contributed by atoms with van der Waals surface area (Å²) >= 11 is 5.94. The van der Waals surface area contributed by atoms with Gasteiger partial charge in [0, 0.05) is 17.1 Å². The molecule has 0 aliphatic heterocycles. The van der Waals surface area contributed by atoms with Crippen molar-refractivity contribution < 1.29 is 14.3 Å². The first-order valence-corrected chi connectivity index (χ1v) is 8.23. The van der Waals surface area contributed by atoms with E-state index in [0.717, 1.165) is 24.0 Å². The molecule has 1 N–H and O–H groups in total. The second-order valence-electron chi connectivity index (χ2n) is 5.92. The molecule has 0 bridgehead atoms. The highest BCUT2D eigenvalue weighted by molar-refractivity contribution is 6.30. The van der Waals surface area contributed by atoms with Crippen LogP contribution in [0, 0.1) is 0 Å². The molecule has 1 amide bonds. The number of ether oxygens (including phenoxy) is 2. The number of amides is 1. The molecule has 126 valence electrons. The van der Waals surface area contributed by atoms with E-state index in [1.54, 1.807) is 14.2 Å². The van der Waals surface area contributed by atoms with E-state index < -0.39 is 5.41 Å². The molecule has 0 atom stereocenters. The Bertz CT molecular complexity index is 739. The van der Waals surface area contributed by atoms with E-state index in [-0.39, 0.29) is 5.91 Å². The molecule has 1 aliphatic rings. The van der Waals surface area contributed by atoms with E-state index in [9.17, 15) is 4.79 Å². The molecular weight excluding hydrogens is 326 g/mol. The van der Waals surface area contributed by atoms with E-state index >= 15 is 0 Å². The molecule has 2 aromatic carbocycles. The van der Waals surface area contributed by atoms with Crippen molar-refractivity contribution in [2.24, 2.45) is 0 Å². The lowest BCUT2D eigenvalue weighted by atomic mass is 9.95. The molecule has 0 saturated heterocycles. The van der Waals surface area contributed by atoms with Crippen LogP contribution in [-0.2, 0) is 16.8 Å². The van der Waals surface area contributed by atoms with E-state index in [1.165, 1.54) is 0 Å². The summed E-state index contributed by atoms with van der Waals surface area (Å²) < 4.78 is 10.7. The largest absolute Gasteiger partial charge is 0.493 e. The molecule has 1 fully saturated rings. The van der Waals surface area contributed by atoms with Gasteiger partial charge in [-0.05, 0) is 36.6 Å². The molecule has 1 saturated carbocycles. The Labute approximate surface area is 146 Å². The quantitative estimate of drug-likeness (QED) is 0.868. The van der Waals surface area contributed by atoms with Crippen molar-refractivity contribution in [3.05, 3.63) is 58.6 Å². The van der Waals surface area contributed by atoms with Crippen LogP contribution >= 0.6 is 11.6 Å². The molecule has 4 nitrogen and oxygen atoms in total. The van der Waals surface area contributed by atoms with Gasteiger partial charge in [-0.25, -0.2) is 0 Å². The van der Waals surface area contributed by atoms with Crippen molar-refractivity contribution in [3.8, 4) is 11.5 Å². The average Bonchev–Trinajstić information content (AvgIpc) is 3.41. The zero-order valence-electron chi connectivity index (χ0n) is 13.8. The summed E-state index contributed by atoms with van der Waals surface area (Å²) in [6, 6.07) is 13.2. The van der Waals surface area contributed by atoms with Gasteiger partial charge in [-0.15, -0.1) is 0 Å². The fraction of sp³-hybridized carbons (Fsp3) is 0.316. The zero-order valence-corrected chi connectivity index (χ0v) is 14.5. The summed E-state index contributed by atoms with van der Waals surface area (Å²) in [6.45, 7) is 0.397. The van der Waals surface area contributed by atoms with Crippen LogP contribution in [0.5, 0.6) is 11.5 Å². The van der Waals surface area contributed by atoms with Gasteiger partial charge in [0.2, 0.25) is 5.91 Å². The average molecular weight is 346 g/mol. The third-order valence-corrected chi connectivity index (χ3v) is 4.76. The van der Waals surface area contributed by atoms with Gasteiger partial charge in [-0.3, -0.25) is 4.79 Å². The smallest absolute Gasteiger partial charge is 0.230 e. The molecule has 5 heteroatoms. The highest BCUT2D eigenvalue weighted by Gasteiger charge is 2.51. The Kier molecular flexibility index (Phi) is 4.67. The third-order valence-electron chi connectivity index (χ3n) is 4.51. The highest BCUT2D eigenvalue weighted by Crippen LogP contribution is 2.48. The molecule has 0 unspecified atom stereocenters. The molecule has 2 aromatic rings. The van der Waals surface area contributed by atoms with Crippen LogP contribution in [-0.4, -0.2) is 20.1 Å². The van der Waals surface area contributed by atoms with Crippen LogP contribution in [0.2, 0.25) is 5.02 Å². The van der Waals surface area contributed by atoms with Gasteiger partial charge in [0.1, 0.15) is 0 Å². The number of carbonyl (C=O) groups is 1. The second kappa shape index (κ2) is 6.73. The number of rotatable bonds is 6. The number of nitrogens with one attached hydrogen (secondary N) is 1. The molecule has 0 spiro atoms. The molecule has 24 heavy (non-hydrogen) atoms. The standard InChI is InChI=1S/C19H20ClNO3/c1-23-16-5-3-4-13(17(16)24-2)12-21-18(22)19(10-11-19)14-6-8-15(20)9-7-14/h3-9H,10-12H2,1-2H3,(H,21,22). The van der Waals surface area contributed by atoms with Gasteiger partial charge in [-0.1, -0.05) is 35.9 Å².